The number of ether oxygens (including phenoxy) is 1. The Morgan fingerprint density at radius 1 is 1.56 bits per heavy atom. The van der Waals surface area contributed by atoms with E-state index in [0.29, 0.717) is 13.0 Å². The van der Waals surface area contributed by atoms with E-state index in [9.17, 15) is 9.59 Å². The molecule has 0 aromatic carbocycles. The zero-order chi connectivity index (χ0) is 13.3. The van der Waals surface area contributed by atoms with Gasteiger partial charge in [0.2, 0.25) is 5.91 Å². The smallest absolute Gasteiger partial charge is 0.290 e. The second kappa shape index (κ2) is 4.81. The third-order valence-electron chi connectivity index (χ3n) is 3.24. The van der Waals surface area contributed by atoms with E-state index in [4.69, 9.17) is 14.9 Å². The van der Waals surface area contributed by atoms with Crippen molar-refractivity contribution >= 4 is 11.8 Å². The average molecular weight is 252 g/mol. The number of rotatable bonds is 3. The molecule has 1 aromatic heterocycles. The molecule has 0 aliphatic carbocycles. The van der Waals surface area contributed by atoms with E-state index in [2.05, 4.69) is 0 Å². The molecule has 1 aliphatic rings. The number of nitrogens with two attached hydrogens (primary N) is 1. The number of carbonyl (C=O) groups is 2. The molecule has 0 spiro atoms. The molecule has 18 heavy (non-hydrogen) atoms. The van der Waals surface area contributed by atoms with Crippen LogP contribution in [0, 0.1) is 6.92 Å². The maximum absolute atomic E-state index is 12.3. The minimum absolute atomic E-state index is 0.165. The first-order valence-corrected chi connectivity index (χ1v) is 5.71. The number of nitrogens with zero attached hydrogens (tertiary/aromatic N) is 1. The molecule has 2 N–H and O–H groups in total. The minimum Gasteiger partial charge on any atom is -0.459 e. The molecular weight excluding hydrogens is 236 g/mol. The summed E-state index contributed by atoms with van der Waals surface area (Å²) in [5, 5.41) is 0. The number of hydrogen-bond acceptors (Lipinski definition) is 4. The number of aryl methyl sites for hydroxylation is 1. The zero-order valence-electron chi connectivity index (χ0n) is 10.4. The highest BCUT2D eigenvalue weighted by molar-refractivity contribution is 5.96. The van der Waals surface area contributed by atoms with Gasteiger partial charge in [-0.25, -0.2) is 0 Å². The highest BCUT2D eigenvalue weighted by Crippen LogP contribution is 2.23. The number of furan rings is 1. The van der Waals surface area contributed by atoms with Crippen LogP contribution in [0.1, 0.15) is 22.5 Å². The van der Waals surface area contributed by atoms with Crippen molar-refractivity contribution in [3.8, 4) is 0 Å². The van der Waals surface area contributed by atoms with Crippen molar-refractivity contribution in [1.29, 1.82) is 0 Å². The topological polar surface area (TPSA) is 85.8 Å². The molecule has 6 heteroatoms. The Hall–Kier alpha value is -1.82. The van der Waals surface area contributed by atoms with Gasteiger partial charge >= 0.3 is 0 Å². The molecule has 6 nitrogen and oxygen atoms in total. The fraction of sp³-hybridized carbons (Fsp3) is 0.500. The van der Waals surface area contributed by atoms with E-state index in [1.165, 1.54) is 11.2 Å². The third kappa shape index (κ3) is 2.11. The maximum atomic E-state index is 12.3. The molecule has 98 valence electrons. The van der Waals surface area contributed by atoms with Crippen LogP contribution in [-0.4, -0.2) is 42.5 Å². The quantitative estimate of drug-likeness (QED) is 0.838. The van der Waals surface area contributed by atoms with Crippen LogP contribution in [0.5, 0.6) is 0 Å². The monoisotopic (exact) mass is 252 g/mol. The Bertz CT molecular complexity index is 468. The van der Waals surface area contributed by atoms with Crippen LogP contribution in [0.4, 0.5) is 0 Å². The summed E-state index contributed by atoms with van der Waals surface area (Å²) in [5.41, 5.74) is 6.06. The predicted octanol–water partition coefficient (Wildman–Crippen LogP) is 0.303. The van der Waals surface area contributed by atoms with Crippen molar-refractivity contribution in [2.45, 2.75) is 25.5 Å². The second-order valence-corrected chi connectivity index (χ2v) is 4.40. The van der Waals surface area contributed by atoms with Crippen molar-refractivity contribution in [2.75, 3.05) is 13.7 Å². The van der Waals surface area contributed by atoms with Gasteiger partial charge in [-0.3, -0.25) is 9.59 Å². The number of carbonyl (C=O) groups excluding carboxylic acids is 2. The van der Waals surface area contributed by atoms with E-state index in [1.807, 2.05) is 0 Å². The van der Waals surface area contributed by atoms with E-state index >= 15 is 0 Å². The Morgan fingerprint density at radius 2 is 2.28 bits per heavy atom. The molecule has 0 bridgehead atoms. The van der Waals surface area contributed by atoms with E-state index in [-0.39, 0.29) is 17.8 Å². The molecule has 2 rings (SSSR count). The summed E-state index contributed by atoms with van der Waals surface area (Å²) in [6, 6.07) is 1.07. The van der Waals surface area contributed by atoms with Gasteiger partial charge in [0.25, 0.3) is 5.91 Å². The van der Waals surface area contributed by atoms with Crippen molar-refractivity contribution in [3.05, 3.63) is 23.7 Å². The summed E-state index contributed by atoms with van der Waals surface area (Å²) in [6.07, 6.45) is 1.71. The number of methoxy groups -OCH3 is 1. The largest absolute Gasteiger partial charge is 0.459 e. The molecule has 0 saturated carbocycles. The molecule has 2 heterocycles. The lowest BCUT2D eigenvalue weighted by molar-refractivity contribution is -0.121. The van der Waals surface area contributed by atoms with Crippen LogP contribution in [0.15, 0.2) is 16.7 Å². The van der Waals surface area contributed by atoms with Gasteiger partial charge in [-0.15, -0.1) is 0 Å². The fourth-order valence-corrected chi connectivity index (χ4v) is 2.18. The minimum atomic E-state index is -0.632. The van der Waals surface area contributed by atoms with Gasteiger partial charge in [0.1, 0.15) is 6.04 Å². The highest BCUT2D eigenvalue weighted by Gasteiger charge is 2.40. The van der Waals surface area contributed by atoms with Gasteiger partial charge < -0.3 is 19.8 Å². The van der Waals surface area contributed by atoms with Crippen LogP contribution in [0.2, 0.25) is 0 Å². The first-order chi connectivity index (χ1) is 8.54. The molecule has 1 aromatic rings. The molecule has 1 fully saturated rings. The SMILES string of the molecule is CO[C@H]1C[C@@H](C(N)=O)N(C(=O)c2occc2C)C1. The Balaban J connectivity index is 2.23. The summed E-state index contributed by atoms with van der Waals surface area (Å²) in [7, 11) is 1.55. The first kappa shape index (κ1) is 12.6. The highest BCUT2D eigenvalue weighted by atomic mass is 16.5. The lowest BCUT2D eigenvalue weighted by Crippen LogP contribution is -2.43. The third-order valence-corrected chi connectivity index (χ3v) is 3.24. The number of primary amides is 1. The van der Waals surface area contributed by atoms with Gasteiger partial charge in [-0.1, -0.05) is 0 Å². The van der Waals surface area contributed by atoms with Crippen LogP contribution in [-0.2, 0) is 9.53 Å². The summed E-state index contributed by atoms with van der Waals surface area (Å²) in [4.78, 5) is 25.1. The zero-order valence-corrected chi connectivity index (χ0v) is 10.4. The molecule has 1 aliphatic heterocycles. The normalized spacial score (nSPS) is 23.3. The van der Waals surface area contributed by atoms with Gasteiger partial charge in [0.15, 0.2) is 5.76 Å². The van der Waals surface area contributed by atoms with Crippen molar-refractivity contribution in [2.24, 2.45) is 5.73 Å². The van der Waals surface area contributed by atoms with Crippen LogP contribution >= 0.6 is 0 Å². The maximum Gasteiger partial charge on any atom is 0.290 e. The first-order valence-electron chi connectivity index (χ1n) is 5.71. The van der Waals surface area contributed by atoms with E-state index in [1.54, 1.807) is 20.1 Å². The van der Waals surface area contributed by atoms with Gasteiger partial charge in [0.05, 0.1) is 12.4 Å². The molecule has 2 atom stereocenters. The van der Waals surface area contributed by atoms with Crippen LogP contribution in [0.3, 0.4) is 0 Å². The number of likely N-dealkylation sites (tertiary alicyclic amines) is 1. The Morgan fingerprint density at radius 3 is 2.78 bits per heavy atom. The van der Waals surface area contributed by atoms with Crippen LogP contribution in [0.25, 0.3) is 0 Å². The molecule has 2 amide bonds. The molecule has 0 radical (unpaired) electrons. The number of amides is 2. The van der Waals surface area contributed by atoms with E-state index < -0.39 is 11.9 Å². The standard InChI is InChI=1S/C12H16N2O4/c1-7-3-4-18-10(7)12(16)14-6-8(17-2)5-9(14)11(13)15/h3-4,8-9H,5-6H2,1-2H3,(H2,13,15)/t8-,9-/m0/s1. The summed E-state index contributed by atoms with van der Waals surface area (Å²) < 4.78 is 10.3. The van der Waals surface area contributed by atoms with Crippen molar-refractivity contribution in [3.63, 3.8) is 0 Å². The molecule has 0 unspecified atom stereocenters. The predicted molar refractivity (Wildman–Crippen MR) is 62.9 cm³/mol. The average Bonchev–Trinajstić information content (AvgIpc) is 2.93. The van der Waals surface area contributed by atoms with Crippen LogP contribution < -0.4 is 5.73 Å². The van der Waals surface area contributed by atoms with Crippen molar-refractivity contribution < 1.29 is 18.7 Å². The summed E-state index contributed by atoms with van der Waals surface area (Å²) >= 11 is 0. The molecular formula is C12H16N2O4. The second-order valence-electron chi connectivity index (χ2n) is 4.40. The Labute approximate surface area is 105 Å². The van der Waals surface area contributed by atoms with E-state index in [0.717, 1.165) is 5.56 Å². The fourth-order valence-electron chi connectivity index (χ4n) is 2.18. The van der Waals surface area contributed by atoms with Gasteiger partial charge in [0, 0.05) is 25.6 Å². The van der Waals surface area contributed by atoms with Crippen molar-refractivity contribution in [1.82, 2.24) is 4.90 Å². The summed E-state index contributed by atoms with van der Waals surface area (Å²) in [5.74, 6) is -0.592. The number of hydrogen-bond donors (Lipinski definition) is 1. The lowest BCUT2D eigenvalue weighted by Gasteiger charge is -2.20. The lowest BCUT2D eigenvalue weighted by atomic mass is 10.2. The van der Waals surface area contributed by atoms with Gasteiger partial charge in [-0.2, -0.15) is 0 Å². The van der Waals surface area contributed by atoms with Gasteiger partial charge in [-0.05, 0) is 13.0 Å². The molecule has 1 saturated heterocycles. The summed E-state index contributed by atoms with van der Waals surface area (Å²) in [6.45, 7) is 2.13. The Kier molecular flexibility index (Phi) is 3.38.